The van der Waals surface area contributed by atoms with E-state index < -0.39 is 12.2 Å². The predicted molar refractivity (Wildman–Crippen MR) is 111 cm³/mol. The molecule has 2 aromatic rings. The lowest BCUT2D eigenvalue weighted by molar-refractivity contribution is -0.119. The topological polar surface area (TPSA) is 87.7 Å². The summed E-state index contributed by atoms with van der Waals surface area (Å²) in [4.78, 5) is 36.9. The van der Waals surface area contributed by atoms with E-state index >= 15 is 0 Å². The number of nitrogens with one attached hydrogen (secondary N) is 2. The van der Waals surface area contributed by atoms with Crippen molar-refractivity contribution in [1.29, 1.82) is 0 Å². The monoisotopic (exact) mass is 411 g/mol. The number of halogens is 1. The van der Waals surface area contributed by atoms with Gasteiger partial charge in [-0.1, -0.05) is 23.7 Å². The summed E-state index contributed by atoms with van der Waals surface area (Å²) in [6.07, 6.45) is 0.935. The zero-order valence-corrected chi connectivity index (χ0v) is 16.3. The van der Waals surface area contributed by atoms with Gasteiger partial charge in [0.25, 0.3) is 5.91 Å². The van der Waals surface area contributed by atoms with Crippen molar-refractivity contribution in [1.82, 2.24) is 5.32 Å². The van der Waals surface area contributed by atoms with Crippen LogP contribution in [0.25, 0.3) is 11.6 Å². The number of fused-ring (bicyclic) bond motifs is 1. The van der Waals surface area contributed by atoms with Crippen LogP contribution in [0.3, 0.4) is 0 Å². The molecule has 0 bridgehead atoms. The van der Waals surface area contributed by atoms with Crippen molar-refractivity contribution < 1.29 is 19.1 Å². The van der Waals surface area contributed by atoms with E-state index in [0.717, 1.165) is 16.8 Å². The highest BCUT2D eigenvalue weighted by Crippen LogP contribution is 2.35. The molecule has 29 heavy (non-hydrogen) atoms. The molecular formula is C21H18ClN3O4. The van der Waals surface area contributed by atoms with Gasteiger partial charge in [-0.3, -0.25) is 14.5 Å². The first-order valence-corrected chi connectivity index (χ1v) is 9.44. The molecule has 8 heteroatoms. The minimum absolute atomic E-state index is 0.171. The molecular weight excluding hydrogens is 394 g/mol. The number of nitrogens with zero attached hydrogens (tertiary/aromatic N) is 1. The smallest absolute Gasteiger partial charge is 0.414 e. The Hall–Kier alpha value is -3.32. The Balaban J connectivity index is 1.51. The van der Waals surface area contributed by atoms with Crippen molar-refractivity contribution >= 4 is 52.5 Å². The fraction of sp³-hybridized carbons (Fsp3) is 0.190. The van der Waals surface area contributed by atoms with Crippen LogP contribution in [0.4, 0.5) is 16.2 Å². The Morgan fingerprint density at radius 2 is 2.03 bits per heavy atom. The molecule has 2 aliphatic rings. The van der Waals surface area contributed by atoms with Gasteiger partial charge in [0.2, 0.25) is 5.91 Å². The number of carbonyl (C=O) groups excluding carboxylic acids is 3. The van der Waals surface area contributed by atoms with Crippen LogP contribution in [0.15, 0.2) is 42.5 Å². The van der Waals surface area contributed by atoms with Crippen LogP contribution in [-0.2, 0) is 14.3 Å². The second kappa shape index (κ2) is 7.60. The number of hydrogen-bond acceptors (Lipinski definition) is 4. The van der Waals surface area contributed by atoms with Crippen LogP contribution in [0.1, 0.15) is 18.1 Å². The lowest BCUT2D eigenvalue weighted by Crippen LogP contribution is -2.33. The fourth-order valence-electron chi connectivity index (χ4n) is 3.32. The molecule has 1 saturated heterocycles. The van der Waals surface area contributed by atoms with E-state index in [2.05, 4.69) is 10.6 Å². The van der Waals surface area contributed by atoms with Gasteiger partial charge in [0.1, 0.15) is 6.10 Å². The fourth-order valence-corrected chi connectivity index (χ4v) is 3.49. The first-order chi connectivity index (χ1) is 13.9. The number of amides is 3. The predicted octanol–water partition coefficient (Wildman–Crippen LogP) is 3.29. The Bertz CT molecular complexity index is 1030. The largest absolute Gasteiger partial charge is 0.442 e. The molecule has 2 aliphatic heterocycles. The van der Waals surface area contributed by atoms with Crippen LogP contribution in [0.5, 0.6) is 0 Å². The number of anilines is 2. The van der Waals surface area contributed by atoms with E-state index in [9.17, 15) is 14.4 Å². The Morgan fingerprint density at radius 1 is 1.28 bits per heavy atom. The molecule has 0 unspecified atom stereocenters. The third-order valence-corrected chi connectivity index (χ3v) is 4.97. The number of cyclic esters (lactones) is 1. The molecule has 3 amide bonds. The lowest BCUT2D eigenvalue weighted by atomic mass is 10.0. The van der Waals surface area contributed by atoms with Gasteiger partial charge in [0.15, 0.2) is 0 Å². The maximum atomic E-state index is 12.3. The molecule has 0 spiro atoms. The van der Waals surface area contributed by atoms with Crippen LogP contribution in [0, 0.1) is 0 Å². The zero-order valence-electron chi connectivity index (χ0n) is 15.6. The highest BCUT2D eigenvalue weighted by atomic mass is 35.5. The van der Waals surface area contributed by atoms with E-state index in [4.69, 9.17) is 16.3 Å². The van der Waals surface area contributed by atoms with Gasteiger partial charge in [0, 0.05) is 34.5 Å². The maximum Gasteiger partial charge on any atom is 0.414 e. The molecule has 2 heterocycles. The van der Waals surface area contributed by atoms with Crippen LogP contribution in [0.2, 0.25) is 5.02 Å². The highest BCUT2D eigenvalue weighted by Gasteiger charge is 2.32. The second-order valence-electron chi connectivity index (χ2n) is 6.85. The molecule has 148 valence electrons. The summed E-state index contributed by atoms with van der Waals surface area (Å²) >= 11 is 6.06. The molecule has 2 aromatic carbocycles. The zero-order chi connectivity index (χ0) is 20.5. The van der Waals surface area contributed by atoms with E-state index in [-0.39, 0.29) is 18.4 Å². The number of carbonyl (C=O) groups is 3. The van der Waals surface area contributed by atoms with Crippen molar-refractivity contribution in [3.05, 3.63) is 58.6 Å². The number of rotatable bonds is 4. The summed E-state index contributed by atoms with van der Waals surface area (Å²) in [5.74, 6) is -0.356. The first kappa shape index (κ1) is 19.0. The number of hydrogen-bond donors (Lipinski definition) is 2. The van der Waals surface area contributed by atoms with Gasteiger partial charge in [0.05, 0.1) is 13.1 Å². The molecule has 0 saturated carbocycles. The summed E-state index contributed by atoms with van der Waals surface area (Å²) in [5, 5.41) is 6.02. The Labute approximate surface area is 172 Å². The van der Waals surface area contributed by atoms with Gasteiger partial charge in [-0.15, -0.1) is 0 Å². The third kappa shape index (κ3) is 3.95. The quantitative estimate of drug-likeness (QED) is 0.756. The molecule has 0 aliphatic carbocycles. The van der Waals surface area contributed by atoms with Crippen molar-refractivity contribution in [2.75, 3.05) is 23.3 Å². The van der Waals surface area contributed by atoms with Crippen molar-refractivity contribution in [3.8, 4) is 0 Å². The van der Waals surface area contributed by atoms with Gasteiger partial charge >= 0.3 is 6.09 Å². The van der Waals surface area contributed by atoms with Gasteiger partial charge in [-0.25, -0.2) is 4.79 Å². The third-order valence-electron chi connectivity index (χ3n) is 4.73. The molecule has 2 N–H and O–H groups in total. The summed E-state index contributed by atoms with van der Waals surface area (Å²) in [6.45, 7) is 2.05. The molecule has 1 fully saturated rings. The van der Waals surface area contributed by atoms with E-state index in [0.29, 0.717) is 22.8 Å². The van der Waals surface area contributed by atoms with Crippen LogP contribution in [-0.4, -0.2) is 37.1 Å². The average Bonchev–Trinajstić information content (AvgIpc) is 3.20. The number of ether oxygens (including phenoxy) is 1. The summed E-state index contributed by atoms with van der Waals surface area (Å²) in [7, 11) is 0. The minimum atomic E-state index is -0.454. The van der Waals surface area contributed by atoms with Gasteiger partial charge < -0.3 is 15.4 Å². The average molecular weight is 412 g/mol. The normalized spacial score (nSPS) is 19.2. The van der Waals surface area contributed by atoms with E-state index in [1.54, 1.807) is 36.4 Å². The van der Waals surface area contributed by atoms with Crippen LogP contribution < -0.4 is 15.5 Å². The molecule has 0 aromatic heterocycles. The molecule has 0 radical (unpaired) electrons. The van der Waals surface area contributed by atoms with Crippen LogP contribution >= 0.6 is 11.6 Å². The van der Waals surface area contributed by atoms with E-state index in [1.165, 1.54) is 11.8 Å². The molecule has 1 atom stereocenters. The lowest BCUT2D eigenvalue weighted by Gasteiger charge is -2.13. The maximum absolute atomic E-state index is 12.3. The summed E-state index contributed by atoms with van der Waals surface area (Å²) in [6, 6.07) is 12.5. The molecule has 7 nitrogen and oxygen atoms in total. The number of benzene rings is 2. The summed E-state index contributed by atoms with van der Waals surface area (Å²) in [5.41, 5.74) is 3.52. The highest BCUT2D eigenvalue weighted by molar-refractivity contribution is 6.36. The second-order valence-corrected chi connectivity index (χ2v) is 7.28. The first-order valence-electron chi connectivity index (χ1n) is 9.06. The van der Waals surface area contributed by atoms with Crippen molar-refractivity contribution in [2.45, 2.75) is 13.0 Å². The molecule has 4 rings (SSSR count). The van der Waals surface area contributed by atoms with Crippen molar-refractivity contribution in [2.24, 2.45) is 0 Å². The summed E-state index contributed by atoms with van der Waals surface area (Å²) < 4.78 is 5.28. The Kier molecular flexibility index (Phi) is 4.98. The van der Waals surface area contributed by atoms with Crippen molar-refractivity contribution in [3.63, 3.8) is 0 Å². The van der Waals surface area contributed by atoms with E-state index in [1.807, 2.05) is 12.1 Å². The SMILES string of the molecule is CC(=O)NC[C@H]1CN(c2ccc(/C=C3\C(=O)Nc4ccc(Cl)cc43)cc2)C(=O)O1. The van der Waals surface area contributed by atoms with Gasteiger partial charge in [-0.05, 0) is 42.0 Å². The van der Waals surface area contributed by atoms with Gasteiger partial charge in [-0.2, -0.15) is 0 Å². The standard InChI is InChI=1S/C21H18ClN3O4/c1-12(26)23-10-16-11-25(21(28)29-16)15-5-2-13(3-6-15)8-18-17-9-14(22)4-7-19(17)24-20(18)27/h2-9,16H,10-11H2,1H3,(H,23,26)(H,24,27)/b18-8-/t16-/m0/s1. The Morgan fingerprint density at radius 3 is 2.76 bits per heavy atom. The minimum Gasteiger partial charge on any atom is -0.442 e.